The molecule has 0 saturated carbocycles. The number of halogens is 2. The molecule has 1 aromatic heterocycles. The predicted octanol–water partition coefficient (Wildman–Crippen LogP) is 4.40. The molecule has 0 spiro atoms. The summed E-state index contributed by atoms with van der Waals surface area (Å²) >= 11 is 1.08. The lowest BCUT2D eigenvalue weighted by molar-refractivity contribution is -0.0493. The molecule has 0 bridgehead atoms. The van der Waals surface area contributed by atoms with Crippen LogP contribution in [0.25, 0.3) is 0 Å². The summed E-state index contributed by atoms with van der Waals surface area (Å²) in [6.45, 7) is -3.02. The van der Waals surface area contributed by atoms with Gasteiger partial charge < -0.3 is 10.1 Å². The monoisotopic (exact) mass is 424 g/mol. The van der Waals surface area contributed by atoms with E-state index in [2.05, 4.69) is 14.8 Å². The van der Waals surface area contributed by atoms with Gasteiger partial charge in [-0.25, -0.2) is 8.42 Å². The molecule has 0 radical (unpaired) electrons. The third-order valence-corrected chi connectivity index (χ3v) is 6.29. The number of sulfonamides is 1. The normalized spacial score (nSPS) is 11.2. The lowest BCUT2D eigenvalue weighted by atomic mass is 10.2. The number of amides is 1. The number of alkyl halides is 2. The van der Waals surface area contributed by atoms with Gasteiger partial charge in [-0.15, -0.1) is 11.3 Å². The van der Waals surface area contributed by atoms with E-state index in [1.807, 2.05) is 0 Å². The van der Waals surface area contributed by atoms with Crippen molar-refractivity contribution in [3.63, 3.8) is 0 Å². The summed E-state index contributed by atoms with van der Waals surface area (Å²) in [5.74, 6) is -0.718. The maximum absolute atomic E-state index is 12.5. The van der Waals surface area contributed by atoms with E-state index in [0.29, 0.717) is 0 Å². The van der Waals surface area contributed by atoms with Crippen molar-refractivity contribution in [2.24, 2.45) is 0 Å². The van der Waals surface area contributed by atoms with Crippen molar-refractivity contribution in [1.29, 1.82) is 0 Å². The third-order valence-electron chi connectivity index (χ3n) is 3.51. The van der Waals surface area contributed by atoms with Crippen LogP contribution in [0, 0.1) is 0 Å². The van der Waals surface area contributed by atoms with Gasteiger partial charge in [0.25, 0.3) is 15.9 Å². The minimum atomic E-state index is -3.69. The van der Waals surface area contributed by atoms with Crippen LogP contribution in [0.2, 0.25) is 0 Å². The molecule has 0 unspecified atom stereocenters. The molecule has 0 aliphatic carbocycles. The Balaban J connectivity index is 1.71. The smallest absolute Gasteiger partial charge is 0.387 e. The van der Waals surface area contributed by atoms with Gasteiger partial charge in [-0.1, -0.05) is 18.2 Å². The van der Waals surface area contributed by atoms with E-state index in [0.717, 1.165) is 11.3 Å². The van der Waals surface area contributed by atoms with Crippen LogP contribution >= 0.6 is 11.3 Å². The minimum absolute atomic E-state index is 0.0928. The fourth-order valence-electron chi connectivity index (χ4n) is 2.27. The van der Waals surface area contributed by atoms with Crippen molar-refractivity contribution in [2.75, 3.05) is 10.0 Å². The SMILES string of the molecule is O=C(Nc1ccccc1OC(F)F)c1ccc(NS(=O)(=O)c2cccs2)cc1. The van der Waals surface area contributed by atoms with Crippen LogP contribution in [-0.4, -0.2) is 20.9 Å². The number of hydrogen-bond acceptors (Lipinski definition) is 5. The van der Waals surface area contributed by atoms with Crippen LogP contribution in [0.15, 0.2) is 70.3 Å². The van der Waals surface area contributed by atoms with Crippen LogP contribution in [0.5, 0.6) is 5.75 Å². The summed E-state index contributed by atoms with van der Waals surface area (Å²) in [5, 5.41) is 4.14. The van der Waals surface area contributed by atoms with E-state index >= 15 is 0 Å². The Morgan fingerprint density at radius 1 is 1.00 bits per heavy atom. The molecular weight excluding hydrogens is 410 g/mol. The topological polar surface area (TPSA) is 84.5 Å². The largest absolute Gasteiger partial charge is 0.433 e. The van der Waals surface area contributed by atoms with Gasteiger partial charge in [0, 0.05) is 11.3 Å². The zero-order chi connectivity index (χ0) is 20.1. The van der Waals surface area contributed by atoms with Gasteiger partial charge in [0.1, 0.15) is 9.96 Å². The molecule has 1 heterocycles. The van der Waals surface area contributed by atoms with Gasteiger partial charge in [0.2, 0.25) is 0 Å². The number of ether oxygens (including phenoxy) is 1. The number of carbonyl (C=O) groups excluding carboxylic acids is 1. The van der Waals surface area contributed by atoms with E-state index in [-0.39, 0.29) is 26.9 Å². The molecule has 0 aliphatic heterocycles. The number of anilines is 2. The first kappa shape index (κ1) is 19.8. The summed E-state index contributed by atoms with van der Waals surface area (Å²) in [4.78, 5) is 12.3. The molecule has 3 rings (SSSR count). The Hall–Kier alpha value is -2.98. The summed E-state index contributed by atoms with van der Waals surface area (Å²) in [5.41, 5.74) is 0.590. The van der Waals surface area contributed by atoms with E-state index in [9.17, 15) is 22.0 Å². The molecule has 0 aliphatic rings. The number of para-hydroxylation sites is 2. The highest BCUT2D eigenvalue weighted by Gasteiger charge is 2.16. The van der Waals surface area contributed by atoms with Gasteiger partial charge in [-0.05, 0) is 47.8 Å². The first-order valence-corrected chi connectivity index (χ1v) is 10.2. The first-order chi connectivity index (χ1) is 13.3. The van der Waals surface area contributed by atoms with Gasteiger partial charge in [0.05, 0.1) is 5.69 Å². The summed E-state index contributed by atoms with van der Waals surface area (Å²) in [6, 6.07) is 14.6. The van der Waals surface area contributed by atoms with E-state index in [1.165, 1.54) is 48.5 Å². The molecule has 146 valence electrons. The third kappa shape index (κ3) is 4.84. The average molecular weight is 424 g/mol. The first-order valence-electron chi connectivity index (χ1n) is 7.87. The van der Waals surface area contributed by atoms with Crippen LogP contribution in [0.1, 0.15) is 10.4 Å². The van der Waals surface area contributed by atoms with Crippen LogP contribution in [0.3, 0.4) is 0 Å². The Kier molecular flexibility index (Phi) is 5.90. The number of nitrogens with one attached hydrogen (secondary N) is 2. The Morgan fingerprint density at radius 3 is 2.36 bits per heavy atom. The minimum Gasteiger partial charge on any atom is -0.433 e. The van der Waals surface area contributed by atoms with Crippen LogP contribution < -0.4 is 14.8 Å². The molecule has 2 aromatic carbocycles. The van der Waals surface area contributed by atoms with Gasteiger partial charge in [-0.2, -0.15) is 8.78 Å². The fraction of sp³-hybridized carbons (Fsp3) is 0.0556. The molecular formula is C18H14F2N2O4S2. The molecule has 2 N–H and O–H groups in total. The molecule has 0 saturated heterocycles. The second-order valence-corrected chi connectivity index (χ2v) is 8.30. The quantitative estimate of drug-likeness (QED) is 0.589. The van der Waals surface area contributed by atoms with Gasteiger partial charge >= 0.3 is 6.61 Å². The summed E-state index contributed by atoms with van der Waals surface area (Å²) < 4.78 is 56.2. The second kappa shape index (κ2) is 8.36. The number of hydrogen-bond donors (Lipinski definition) is 2. The molecule has 28 heavy (non-hydrogen) atoms. The van der Waals surface area contributed by atoms with Crippen LogP contribution in [-0.2, 0) is 10.0 Å². The van der Waals surface area contributed by atoms with Crippen molar-refractivity contribution in [2.45, 2.75) is 10.8 Å². The van der Waals surface area contributed by atoms with E-state index < -0.39 is 22.5 Å². The Bertz CT molecular complexity index is 1050. The average Bonchev–Trinajstić information content (AvgIpc) is 3.19. The number of rotatable bonds is 7. The molecule has 10 heteroatoms. The Labute approximate surface area is 163 Å². The van der Waals surface area contributed by atoms with Crippen LogP contribution in [0.4, 0.5) is 20.2 Å². The maximum Gasteiger partial charge on any atom is 0.387 e. The molecule has 0 atom stereocenters. The van der Waals surface area contributed by atoms with Gasteiger partial charge in [0.15, 0.2) is 0 Å². The number of benzene rings is 2. The highest BCUT2D eigenvalue weighted by atomic mass is 32.2. The van der Waals surface area contributed by atoms with Crippen molar-refractivity contribution in [3.05, 3.63) is 71.6 Å². The molecule has 6 nitrogen and oxygen atoms in total. The molecule has 0 fully saturated rings. The number of thiophene rings is 1. The fourth-order valence-corrected chi connectivity index (χ4v) is 4.33. The van der Waals surface area contributed by atoms with Gasteiger partial charge in [-0.3, -0.25) is 9.52 Å². The lowest BCUT2D eigenvalue weighted by Gasteiger charge is -2.12. The molecule has 3 aromatic rings. The highest BCUT2D eigenvalue weighted by molar-refractivity contribution is 7.94. The lowest BCUT2D eigenvalue weighted by Crippen LogP contribution is -2.14. The Morgan fingerprint density at radius 2 is 1.71 bits per heavy atom. The molecule has 1 amide bonds. The van der Waals surface area contributed by atoms with E-state index in [1.54, 1.807) is 17.5 Å². The predicted molar refractivity (Wildman–Crippen MR) is 103 cm³/mol. The van der Waals surface area contributed by atoms with Crippen molar-refractivity contribution >= 4 is 38.6 Å². The zero-order valence-corrected chi connectivity index (χ0v) is 15.8. The highest BCUT2D eigenvalue weighted by Crippen LogP contribution is 2.26. The van der Waals surface area contributed by atoms with E-state index in [4.69, 9.17) is 0 Å². The van der Waals surface area contributed by atoms with Crippen molar-refractivity contribution in [3.8, 4) is 5.75 Å². The maximum atomic E-state index is 12.5. The standard InChI is InChI=1S/C18H14F2N2O4S2/c19-18(20)26-15-5-2-1-4-14(15)21-17(23)12-7-9-13(10-8-12)22-28(24,25)16-6-3-11-27-16/h1-11,18,22H,(H,21,23). The number of carbonyl (C=O) groups is 1. The van der Waals surface area contributed by atoms with Crippen molar-refractivity contribution in [1.82, 2.24) is 0 Å². The van der Waals surface area contributed by atoms with Crippen molar-refractivity contribution < 1.29 is 26.7 Å². The second-order valence-electron chi connectivity index (χ2n) is 5.44. The zero-order valence-electron chi connectivity index (χ0n) is 14.1. The summed E-state index contributed by atoms with van der Waals surface area (Å²) in [6.07, 6.45) is 0. The summed E-state index contributed by atoms with van der Waals surface area (Å²) in [7, 11) is -3.69.